The highest BCUT2D eigenvalue weighted by Crippen LogP contribution is 2.38. The molecule has 292 valence electrons. The Balaban J connectivity index is 1.09. The molecule has 0 bridgehead atoms. The van der Waals surface area contributed by atoms with E-state index in [1.807, 2.05) is 12.4 Å². The fourth-order valence-corrected chi connectivity index (χ4v) is 8.72. The molecule has 2 saturated heterocycles. The molecule has 7 atom stereocenters. The first kappa shape index (κ1) is 38.9. The minimum absolute atomic E-state index is 0.165. The topological polar surface area (TPSA) is 214 Å². The van der Waals surface area contributed by atoms with Crippen molar-refractivity contribution in [3.63, 3.8) is 0 Å². The van der Waals surface area contributed by atoms with Gasteiger partial charge < -0.3 is 55.0 Å². The summed E-state index contributed by atoms with van der Waals surface area (Å²) in [6.45, 7) is 4.53. The molecule has 54 heavy (non-hydrogen) atoms. The van der Waals surface area contributed by atoms with Crippen LogP contribution in [-0.2, 0) is 28.5 Å². The predicted molar refractivity (Wildman–Crippen MR) is 199 cm³/mol. The van der Waals surface area contributed by atoms with E-state index in [0.717, 1.165) is 50.4 Å². The summed E-state index contributed by atoms with van der Waals surface area (Å²) in [6, 6.07) is -2.27. The normalized spacial score (nSPS) is 21.7. The van der Waals surface area contributed by atoms with E-state index in [9.17, 15) is 19.2 Å². The van der Waals surface area contributed by atoms with E-state index >= 15 is 0 Å². The lowest BCUT2D eigenvalue weighted by Crippen LogP contribution is -2.59. The van der Waals surface area contributed by atoms with E-state index in [4.69, 9.17) is 18.9 Å². The number of methoxy groups -OCH3 is 4. The Kier molecular flexibility index (Phi) is 12.3. The maximum Gasteiger partial charge on any atom is 0.407 e. The highest BCUT2D eigenvalue weighted by molar-refractivity contribution is 7.23. The van der Waals surface area contributed by atoms with Crippen molar-refractivity contribution in [2.24, 2.45) is 0 Å². The van der Waals surface area contributed by atoms with Crippen LogP contribution in [0.2, 0.25) is 0 Å². The number of amides is 4. The van der Waals surface area contributed by atoms with Crippen LogP contribution in [-0.4, -0.2) is 132 Å². The first-order chi connectivity index (χ1) is 26.1. The van der Waals surface area contributed by atoms with Crippen LogP contribution >= 0.6 is 22.7 Å². The molecule has 0 radical (unpaired) electrons. The molecule has 3 aliphatic heterocycles. The van der Waals surface area contributed by atoms with Gasteiger partial charge in [-0.15, -0.1) is 22.7 Å². The zero-order valence-electron chi connectivity index (χ0n) is 30.9. The quantitative estimate of drug-likeness (QED) is 0.169. The van der Waals surface area contributed by atoms with Gasteiger partial charge in [0.05, 0.1) is 65.9 Å². The van der Waals surface area contributed by atoms with Gasteiger partial charge in [0.2, 0.25) is 11.8 Å². The van der Waals surface area contributed by atoms with Crippen LogP contribution in [0.25, 0.3) is 26.2 Å². The third kappa shape index (κ3) is 8.15. The van der Waals surface area contributed by atoms with Crippen molar-refractivity contribution < 1.29 is 38.1 Å². The molecule has 1 unspecified atom stereocenters. The van der Waals surface area contributed by atoms with E-state index < -0.39 is 36.5 Å². The summed E-state index contributed by atoms with van der Waals surface area (Å²) in [4.78, 5) is 74.0. The summed E-state index contributed by atoms with van der Waals surface area (Å²) in [5.74, 6) is 0.138. The molecule has 3 aromatic rings. The number of hydrogen-bond donors (Lipinski definition) is 5. The van der Waals surface area contributed by atoms with Gasteiger partial charge in [-0.3, -0.25) is 9.59 Å². The number of likely N-dealkylation sites (tertiary alicyclic amines) is 2. The largest absolute Gasteiger partial charge is 0.453 e. The zero-order chi connectivity index (χ0) is 38.5. The molecule has 5 N–H and O–H groups in total. The maximum atomic E-state index is 13.6. The van der Waals surface area contributed by atoms with E-state index in [-0.39, 0.29) is 30.1 Å². The fourth-order valence-electron chi connectivity index (χ4n) is 6.88. The molecule has 20 heteroatoms. The Labute approximate surface area is 320 Å². The molecule has 6 heterocycles. The first-order valence-electron chi connectivity index (χ1n) is 17.6. The second kappa shape index (κ2) is 17.1. The van der Waals surface area contributed by atoms with Gasteiger partial charge in [0.25, 0.3) is 0 Å². The summed E-state index contributed by atoms with van der Waals surface area (Å²) in [7, 11) is 5.49. The van der Waals surface area contributed by atoms with E-state index in [2.05, 4.69) is 41.2 Å². The van der Waals surface area contributed by atoms with Gasteiger partial charge >= 0.3 is 12.2 Å². The summed E-state index contributed by atoms with van der Waals surface area (Å²) in [5, 5.41) is 13.6. The Morgan fingerprint density at radius 2 is 1.37 bits per heavy atom. The van der Waals surface area contributed by atoms with Crippen LogP contribution in [0.5, 0.6) is 0 Å². The number of carbonyl (C=O) groups excluding carboxylic acids is 4. The fraction of sp³-hybridized carbons (Fsp3) is 0.559. The monoisotopic (exact) mass is 786 g/mol. The third-order valence-corrected chi connectivity index (χ3v) is 12.2. The van der Waals surface area contributed by atoms with Gasteiger partial charge in [-0.2, -0.15) is 0 Å². The second-order valence-electron chi connectivity index (χ2n) is 13.1. The van der Waals surface area contributed by atoms with Crippen LogP contribution in [0.4, 0.5) is 9.59 Å². The van der Waals surface area contributed by atoms with Crippen LogP contribution in [0.1, 0.15) is 56.4 Å². The highest BCUT2D eigenvalue weighted by Gasteiger charge is 2.42. The lowest BCUT2D eigenvalue weighted by atomic mass is 10.1. The number of ether oxygens (including phenoxy) is 4. The minimum Gasteiger partial charge on any atom is -0.453 e. The number of imidazole rings is 1. The Hall–Kier alpha value is -4.79. The molecule has 0 aliphatic carbocycles. The number of H-pyrrole nitrogens is 1. The molecular weight excluding hydrogens is 741 g/mol. The second-order valence-corrected chi connectivity index (χ2v) is 15.2. The summed E-state index contributed by atoms with van der Waals surface area (Å²) >= 11 is 3.01. The lowest BCUT2D eigenvalue weighted by molar-refractivity contribution is -0.138. The standard InChI is InChI=1S/C34H46N10O8S2/c1-17(49-3)25(41-33(47)51-5)31(45)43-11-7-9-21(43)27-35-13-19(39-27)29-37-15-23(53-29)24-16-38-30(54-24)20-14-36-28(40-20)22-10-8-12-44(22)32(46)26(18(2)50-4)42-34(48)52-6/h13-18,21-22,25-27,35,39H,7-12H2,1-6H3,(H,36,40)(H,41,47)(H,42,48)/t17-,18-,21+,22+,25+,26+,27?/m1/s1. The molecule has 3 aromatic heterocycles. The zero-order valence-corrected chi connectivity index (χ0v) is 32.5. The lowest BCUT2D eigenvalue weighted by Gasteiger charge is -2.34. The number of thiazole rings is 2. The van der Waals surface area contributed by atoms with Gasteiger partial charge in [-0.1, -0.05) is 0 Å². The first-order valence-corrected chi connectivity index (χ1v) is 19.3. The molecular formula is C34H46N10O8S2. The number of aromatic amines is 1. The van der Waals surface area contributed by atoms with Gasteiger partial charge in [-0.25, -0.2) is 24.5 Å². The Morgan fingerprint density at radius 1 is 0.796 bits per heavy atom. The van der Waals surface area contributed by atoms with Crippen molar-refractivity contribution in [2.45, 2.75) is 82.1 Å². The smallest absolute Gasteiger partial charge is 0.407 e. The van der Waals surface area contributed by atoms with Crippen LogP contribution in [0.3, 0.4) is 0 Å². The molecule has 18 nitrogen and oxygen atoms in total. The number of rotatable bonds is 13. The number of hydrogen-bond acceptors (Lipinski definition) is 15. The molecule has 0 aromatic carbocycles. The van der Waals surface area contributed by atoms with E-state index in [1.165, 1.54) is 51.1 Å². The van der Waals surface area contributed by atoms with Crippen molar-refractivity contribution in [3.05, 3.63) is 35.6 Å². The molecule has 4 amide bonds. The SMILES string of the molecule is COC(=O)N[C@H](C(=O)N1CCC[C@H]1c1ncc(-c2ncc(-c3cnc(C4=CNC([C@@H]5CCCN5C(=O)[C@@H](NC(=O)OC)[C@@H](C)OC)N4)s3)s2)[nH]1)[C@@H](C)OC. The average molecular weight is 787 g/mol. The van der Waals surface area contributed by atoms with Gasteiger partial charge in [0.1, 0.15) is 34.1 Å². The minimum atomic E-state index is -0.915. The van der Waals surface area contributed by atoms with E-state index in [1.54, 1.807) is 36.0 Å². The summed E-state index contributed by atoms with van der Waals surface area (Å²) in [6.07, 6.45) is 7.55. The van der Waals surface area contributed by atoms with Crippen molar-refractivity contribution in [1.29, 1.82) is 0 Å². The number of nitrogens with one attached hydrogen (secondary N) is 5. The average Bonchev–Trinajstić information content (AvgIpc) is 4.04. The number of carbonyl (C=O) groups is 4. The van der Waals surface area contributed by atoms with Crippen molar-refractivity contribution in [1.82, 2.24) is 51.0 Å². The Morgan fingerprint density at radius 3 is 2.00 bits per heavy atom. The van der Waals surface area contributed by atoms with Crippen molar-refractivity contribution >= 4 is 52.4 Å². The number of alkyl carbamates (subject to hydrolysis) is 2. The maximum absolute atomic E-state index is 13.6. The molecule has 0 saturated carbocycles. The van der Waals surface area contributed by atoms with Crippen molar-refractivity contribution in [3.8, 4) is 20.5 Å². The van der Waals surface area contributed by atoms with E-state index in [0.29, 0.717) is 25.3 Å². The van der Waals surface area contributed by atoms with Crippen LogP contribution < -0.4 is 21.3 Å². The molecule has 2 fully saturated rings. The molecule has 6 rings (SSSR count). The van der Waals surface area contributed by atoms with Crippen molar-refractivity contribution in [2.75, 3.05) is 41.5 Å². The number of aromatic nitrogens is 4. The summed E-state index contributed by atoms with van der Waals surface area (Å²) in [5.41, 5.74) is 1.54. The Bertz CT molecular complexity index is 1850. The predicted octanol–water partition coefficient (Wildman–Crippen LogP) is 2.65. The van der Waals surface area contributed by atoms with Crippen LogP contribution in [0.15, 0.2) is 24.8 Å². The third-order valence-electron chi connectivity index (χ3n) is 9.98. The summed E-state index contributed by atoms with van der Waals surface area (Å²) < 4.78 is 20.3. The van der Waals surface area contributed by atoms with Crippen LogP contribution in [0, 0.1) is 0 Å². The van der Waals surface area contributed by atoms with Gasteiger partial charge in [-0.05, 0) is 39.5 Å². The molecule has 0 spiro atoms. The number of nitrogens with zero attached hydrogens (tertiary/aromatic N) is 5. The van der Waals surface area contributed by atoms with Gasteiger partial charge in [0.15, 0.2) is 0 Å². The molecule has 3 aliphatic rings. The highest BCUT2D eigenvalue weighted by atomic mass is 32.1. The van der Waals surface area contributed by atoms with Gasteiger partial charge in [0, 0.05) is 45.9 Å².